The van der Waals surface area contributed by atoms with E-state index in [9.17, 15) is 9.59 Å². The van der Waals surface area contributed by atoms with E-state index in [1.165, 1.54) is 18.0 Å². The smallest absolute Gasteiger partial charge is 0.342 e. The van der Waals surface area contributed by atoms with Gasteiger partial charge in [0.25, 0.3) is 11.7 Å². The first-order valence-electron chi connectivity index (χ1n) is 11.8. The molecule has 0 unspecified atom stereocenters. The van der Waals surface area contributed by atoms with Crippen LogP contribution in [0.5, 0.6) is 11.5 Å². The van der Waals surface area contributed by atoms with Gasteiger partial charge in [-0.3, -0.25) is 4.79 Å². The van der Waals surface area contributed by atoms with Gasteiger partial charge in [0.05, 0.1) is 29.2 Å². The molecule has 10 nitrogen and oxygen atoms in total. The molecule has 0 radical (unpaired) electrons. The second-order valence-electron chi connectivity index (χ2n) is 7.93. The molecule has 0 aliphatic heterocycles. The summed E-state index contributed by atoms with van der Waals surface area (Å²) in [6.45, 7) is 2.00. The Labute approximate surface area is 233 Å². The maximum absolute atomic E-state index is 12.6. The normalized spacial score (nSPS) is 10.9. The zero-order valence-corrected chi connectivity index (χ0v) is 22.4. The molecule has 1 aromatic heterocycles. The number of H-pyrrole nitrogens is 1. The fraction of sp³-hybridized carbons (Fsp3) is 0.148. The zero-order chi connectivity index (χ0) is 27.6. The Hall–Kier alpha value is -4.35. The number of para-hydroxylation sites is 1. The lowest BCUT2D eigenvalue weighted by molar-refractivity contribution is -0.625. The van der Waals surface area contributed by atoms with Gasteiger partial charge in [-0.1, -0.05) is 23.7 Å². The highest BCUT2D eigenvalue weighted by molar-refractivity contribution is 7.99. The van der Waals surface area contributed by atoms with Gasteiger partial charge >= 0.3 is 11.1 Å². The third kappa shape index (κ3) is 7.59. The molecule has 0 aliphatic rings. The number of aliphatic carboxylic acids is 1. The van der Waals surface area contributed by atoms with Crippen LogP contribution in [0.4, 0.5) is 0 Å². The van der Waals surface area contributed by atoms with Crippen molar-refractivity contribution in [2.45, 2.75) is 12.1 Å². The monoisotopic (exact) mass is 566 g/mol. The first kappa shape index (κ1) is 27.7. The third-order valence-electron chi connectivity index (χ3n) is 5.19. The molecule has 4 aromatic rings. The van der Waals surface area contributed by atoms with Crippen LogP contribution in [-0.2, 0) is 9.59 Å². The average molecular weight is 567 g/mol. The Morgan fingerprint density at radius 2 is 1.85 bits per heavy atom. The number of rotatable bonds is 12. The van der Waals surface area contributed by atoms with Gasteiger partial charge in [-0.05, 0) is 79.3 Å². The number of aromatic amines is 1. The van der Waals surface area contributed by atoms with Gasteiger partial charge in [-0.2, -0.15) is 9.67 Å². The largest absolute Gasteiger partial charge is 0.494 e. The molecule has 0 aliphatic carbocycles. The zero-order valence-electron chi connectivity index (χ0n) is 20.8. The molecule has 12 heteroatoms. The van der Waals surface area contributed by atoms with Gasteiger partial charge in [0.15, 0.2) is 6.61 Å². The molecule has 0 bridgehead atoms. The summed E-state index contributed by atoms with van der Waals surface area (Å²) in [6.07, 6.45) is 1.40. The first-order valence-corrected chi connectivity index (χ1v) is 13.2. The number of nitrogens with one attached hydrogen (secondary N) is 2. The van der Waals surface area contributed by atoms with Crippen molar-refractivity contribution >= 4 is 41.5 Å². The van der Waals surface area contributed by atoms with Crippen molar-refractivity contribution in [2.24, 2.45) is 5.10 Å². The van der Waals surface area contributed by atoms with Crippen LogP contribution >= 0.6 is 23.4 Å². The Morgan fingerprint density at radius 3 is 2.56 bits per heavy atom. The molecule has 0 saturated heterocycles. The molecule has 200 valence electrons. The Kier molecular flexibility index (Phi) is 9.54. The average Bonchev–Trinajstić information content (AvgIpc) is 3.36. The molecular weight excluding hydrogens is 542 g/mol. The van der Waals surface area contributed by atoms with Gasteiger partial charge in [0.1, 0.15) is 17.2 Å². The maximum atomic E-state index is 12.6. The number of carbonyl (C=O) groups is 2. The number of carbonyl (C=O) groups excluding carboxylic acids is 1. The number of carboxylic acids is 1. The van der Waals surface area contributed by atoms with Crippen molar-refractivity contribution < 1.29 is 28.7 Å². The fourth-order valence-corrected chi connectivity index (χ4v) is 4.37. The van der Waals surface area contributed by atoms with Crippen LogP contribution in [0, 0.1) is 0 Å². The number of hydrogen-bond donors (Lipinski definition) is 3. The summed E-state index contributed by atoms with van der Waals surface area (Å²) in [6, 6.07) is 21.7. The second-order valence-corrected chi connectivity index (χ2v) is 9.31. The molecule has 0 fully saturated rings. The summed E-state index contributed by atoms with van der Waals surface area (Å²) >= 11 is 7.30. The van der Waals surface area contributed by atoms with E-state index in [1.54, 1.807) is 36.4 Å². The lowest BCUT2D eigenvalue weighted by Gasteiger charge is -2.07. The van der Waals surface area contributed by atoms with E-state index >= 15 is 0 Å². The van der Waals surface area contributed by atoms with E-state index in [0.717, 1.165) is 22.8 Å². The van der Waals surface area contributed by atoms with Crippen LogP contribution in [0.15, 0.2) is 83.1 Å². The number of carboxylic acid groups (broad SMARTS) is 1. The van der Waals surface area contributed by atoms with E-state index in [1.807, 2.05) is 47.9 Å². The molecule has 1 heterocycles. The minimum Gasteiger partial charge on any atom is -0.494 e. The van der Waals surface area contributed by atoms with Crippen LogP contribution in [0.25, 0.3) is 17.1 Å². The standard InChI is InChI=1S/C27H24ClN5O5S/c1-2-37-22-13-11-21(12-14-22)33-26(18-7-9-20(28)10-8-18)31-32-27(33)39-17-24(34)30-29-15-19-5-3-4-6-23(19)38-16-25(35)36/h3-15H,2,16-17H2,1H3,(H2,30,34,35,36)/p+1/b29-15+. The van der Waals surface area contributed by atoms with Crippen molar-refractivity contribution in [3.8, 4) is 28.6 Å². The van der Waals surface area contributed by atoms with Crippen LogP contribution in [0.3, 0.4) is 0 Å². The lowest BCUT2D eigenvalue weighted by Crippen LogP contribution is -2.34. The number of halogens is 1. The number of ether oxygens (including phenoxy) is 2. The Bertz CT molecular complexity index is 1460. The van der Waals surface area contributed by atoms with Crippen molar-refractivity contribution in [2.75, 3.05) is 19.0 Å². The molecular formula is C27H25ClN5O5S+. The quantitative estimate of drug-likeness (QED) is 0.102. The predicted molar refractivity (Wildman–Crippen MR) is 148 cm³/mol. The minimum atomic E-state index is -1.09. The molecule has 4 rings (SSSR count). The highest BCUT2D eigenvalue weighted by Gasteiger charge is 2.24. The Morgan fingerprint density at radius 1 is 1.10 bits per heavy atom. The second kappa shape index (κ2) is 13.4. The van der Waals surface area contributed by atoms with Crippen LogP contribution < -0.4 is 19.5 Å². The van der Waals surface area contributed by atoms with Crippen LogP contribution in [-0.4, -0.2) is 52.4 Å². The minimum absolute atomic E-state index is 0.0381. The molecule has 0 spiro atoms. The van der Waals surface area contributed by atoms with E-state index in [-0.39, 0.29) is 11.7 Å². The summed E-state index contributed by atoms with van der Waals surface area (Å²) in [5.41, 5.74) is 4.70. The van der Waals surface area contributed by atoms with Crippen molar-refractivity contribution in [3.05, 3.63) is 83.4 Å². The molecule has 39 heavy (non-hydrogen) atoms. The Balaban J connectivity index is 1.48. The van der Waals surface area contributed by atoms with E-state index in [0.29, 0.717) is 28.1 Å². The fourth-order valence-electron chi connectivity index (χ4n) is 3.49. The summed E-state index contributed by atoms with van der Waals surface area (Å²) in [5, 5.41) is 21.5. The van der Waals surface area contributed by atoms with Crippen LogP contribution in [0.2, 0.25) is 5.02 Å². The van der Waals surface area contributed by atoms with Crippen molar-refractivity contribution in [1.29, 1.82) is 0 Å². The first-order chi connectivity index (χ1) is 18.9. The summed E-state index contributed by atoms with van der Waals surface area (Å²) in [5.74, 6) is 0.405. The van der Waals surface area contributed by atoms with Crippen molar-refractivity contribution in [1.82, 2.24) is 15.6 Å². The van der Waals surface area contributed by atoms with Gasteiger partial charge in [0.2, 0.25) is 0 Å². The maximum Gasteiger partial charge on any atom is 0.342 e. The third-order valence-corrected chi connectivity index (χ3v) is 6.38. The predicted octanol–water partition coefficient (Wildman–Crippen LogP) is 4.11. The molecule has 3 N–H and O–H groups in total. The molecule has 3 aromatic carbocycles. The summed E-state index contributed by atoms with van der Waals surface area (Å²) in [4.78, 5) is 23.3. The number of thioether (sulfide) groups is 1. The molecule has 0 atom stereocenters. The van der Waals surface area contributed by atoms with E-state index in [2.05, 4.69) is 20.7 Å². The highest BCUT2D eigenvalue weighted by Crippen LogP contribution is 2.23. The lowest BCUT2D eigenvalue weighted by atomic mass is 10.2. The van der Waals surface area contributed by atoms with Gasteiger partial charge in [0, 0.05) is 10.6 Å². The van der Waals surface area contributed by atoms with Gasteiger partial charge in [-0.25, -0.2) is 10.2 Å². The van der Waals surface area contributed by atoms with Gasteiger partial charge < -0.3 is 14.6 Å². The number of aromatic nitrogens is 3. The summed E-state index contributed by atoms with van der Waals surface area (Å²) < 4.78 is 12.7. The van der Waals surface area contributed by atoms with Gasteiger partial charge in [-0.15, -0.1) is 5.10 Å². The molecule has 0 saturated carbocycles. The number of benzene rings is 3. The number of hydrogen-bond acceptors (Lipinski definition) is 7. The van der Waals surface area contributed by atoms with Crippen molar-refractivity contribution in [3.63, 3.8) is 0 Å². The van der Waals surface area contributed by atoms with Crippen LogP contribution in [0.1, 0.15) is 12.5 Å². The van der Waals surface area contributed by atoms with E-state index < -0.39 is 12.6 Å². The summed E-state index contributed by atoms with van der Waals surface area (Å²) in [7, 11) is 0. The number of nitrogens with zero attached hydrogens (tertiary/aromatic N) is 3. The SMILES string of the molecule is CCOc1ccc(-[n+]2c(SCC(=O)N/N=C/c3ccccc3OCC(=O)O)n[nH]c2-c2ccc(Cl)cc2)cc1. The number of amides is 1. The van der Waals surface area contributed by atoms with E-state index in [4.69, 9.17) is 26.2 Å². The number of hydrazone groups is 1. The highest BCUT2D eigenvalue weighted by atomic mass is 35.5. The molecule has 1 amide bonds. The topological polar surface area (TPSA) is 130 Å².